The highest BCUT2D eigenvalue weighted by Crippen LogP contribution is 2.07. The van der Waals surface area contributed by atoms with Gasteiger partial charge in [0.1, 0.15) is 0 Å². The van der Waals surface area contributed by atoms with Gasteiger partial charge in [-0.15, -0.1) is 0 Å². The number of hydrogen-bond donors (Lipinski definition) is 2. The predicted octanol–water partition coefficient (Wildman–Crippen LogP) is -1.69. The number of fused-ring (bicyclic) bond motifs is 1. The van der Waals surface area contributed by atoms with Gasteiger partial charge >= 0.3 is 0 Å². The lowest BCUT2D eigenvalue weighted by Gasteiger charge is -2.33. The summed E-state index contributed by atoms with van der Waals surface area (Å²) in [5.74, 6) is 0.148. The molecule has 2 amide bonds. The summed E-state index contributed by atoms with van der Waals surface area (Å²) in [6, 6.07) is 0.146. The van der Waals surface area contributed by atoms with Gasteiger partial charge in [-0.2, -0.15) is 0 Å². The van der Waals surface area contributed by atoms with E-state index in [1.165, 1.54) is 0 Å². The van der Waals surface area contributed by atoms with E-state index in [9.17, 15) is 9.59 Å². The molecule has 13 heavy (non-hydrogen) atoms. The molecule has 2 rings (SSSR count). The first-order chi connectivity index (χ1) is 6.27. The van der Waals surface area contributed by atoms with Crippen LogP contribution in [0.25, 0.3) is 0 Å². The molecule has 2 fully saturated rings. The molecule has 0 aromatic carbocycles. The van der Waals surface area contributed by atoms with E-state index in [1.54, 1.807) is 4.90 Å². The smallest absolute Gasteiger partial charge is 0.236 e. The van der Waals surface area contributed by atoms with Crippen molar-refractivity contribution in [2.45, 2.75) is 12.5 Å². The molecular formula is C8H13N3O2. The summed E-state index contributed by atoms with van der Waals surface area (Å²) in [4.78, 5) is 24.3. The van der Waals surface area contributed by atoms with E-state index in [0.29, 0.717) is 26.1 Å². The molecule has 2 aliphatic heterocycles. The number of carbonyl (C=O) groups is 2. The highest BCUT2D eigenvalue weighted by atomic mass is 16.2. The Morgan fingerprint density at radius 1 is 1.31 bits per heavy atom. The lowest BCUT2D eigenvalue weighted by Crippen LogP contribution is -2.56. The van der Waals surface area contributed by atoms with Crippen LogP contribution in [-0.4, -0.2) is 48.9 Å². The molecule has 0 saturated carbocycles. The molecule has 0 aromatic heterocycles. The van der Waals surface area contributed by atoms with Gasteiger partial charge in [0.15, 0.2) is 0 Å². The van der Waals surface area contributed by atoms with Crippen LogP contribution in [0.15, 0.2) is 0 Å². The topological polar surface area (TPSA) is 61.4 Å². The average molecular weight is 183 g/mol. The molecule has 2 heterocycles. The van der Waals surface area contributed by atoms with Gasteiger partial charge in [-0.05, 0) is 0 Å². The minimum Gasteiger partial charge on any atom is -0.354 e. The SMILES string of the molecule is O=C1CCN2C(=O)CNCC2CN1. The fourth-order valence-corrected chi connectivity index (χ4v) is 1.79. The number of rotatable bonds is 0. The Bertz CT molecular complexity index is 242. The van der Waals surface area contributed by atoms with Crippen molar-refractivity contribution in [2.75, 3.05) is 26.2 Å². The number of piperazine rings is 1. The Balaban J connectivity index is 2.09. The second kappa shape index (κ2) is 3.33. The molecule has 0 bridgehead atoms. The summed E-state index contributed by atoms with van der Waals surface area (Å²) in [5, 5.41) is 5.83. The first-order valence-electron chi connectivity index (χ1n) is 4.54. The van der Waals surface area contributed by atoms with Crippen LogP contribution in [0.5, 0.6) is 0 Å². The fraction of sp³-hybridized carbons (Fsp3) is 0.750. The second-order valence-electron chi connectivity index (χ2n) is 3.43. The van der Waals surface area contributed by atoms with Gasteiger partial charge in [0.25, 0.3) is 0 Å². The summed E-state index contributed by atoms with van der Waals surface area (Å²) in [6.07, 6.45) is 0.433. The molecule has 0 aromatic rings. The van der Waals surface area contributed by atoms with Crippen LogP contribution in [0.4, 0.5) is 0 Å². The van der Waals surface area contributed by atoms with Crippen molar-refractivity contribution in [3.05, 3.63) is 0 Å². The zero-order valence-corrected chi connectivity index (χ0v) is 7.38. The lowest BCUT2D eigenvalue weighted by atomic mass is 10.2. The fourth-order valence-electron chi connectivity index (χ4n) is 1.79. The molecule has 5 nitrogen and oxygen atoms in total. The van der Waals surface area contributed by atoms with E-state index < -0.39 is 0 Å². The normalized spacial score (nSPS) is 29.2. The molecule has 2 N–H and O–H groups in total. The second-order valence-corrected chi connectivity index (χ2v) is 3.43. The Morgan fingerprint density at radius 2 is 2.15 bits per heavy atom. The van der Waals surface area contributed by atoms with Crippen molar-refractivity contribution >= 4 is 11.8 Å². The summed E-state index contributed by atoms with van der Waals surface area (Å²) < 4.78 is 0. The third-order valence-electron chi connectivity index (χ3n) is 2.53. The number of hydrogen-bond acceptors (Lipinski definition) is 3. The quantitative estimate of drug-likeness (QED) is 0.471. The largest absolute Gasteiger partial charge is 0.354 e. The molecule has 0 spiro atoms. The highest BCUT2D eigenvalue weighted by molar-refractivity contribution is 5.82. The van der Waals surface area contributed by atoms with Crippen molar-refractivity contribution in [1.29, 1.82) is 0 Å². The van der Waals surface area contributed by atoms with Gasteiger partial charge in [-0.25, -0.2) is 0 Å². The Labute approximate surface area is 76.5 Å². The van der Waals surface area contributed by atoms with Crippen LogP contribution in [0.2, 0.25) is 0 Å². The number of amides is 2. The van der Waals surface area contributed by atoms with Gasteiger partial charge in [-0.1, -0.05) is 0 Å². The Morgan fingerprint density at radius 3 is 3.00 bits per heavy atom. The first kappa shape index (κ1) is 8.50. The molecule has 0 radical (unpaired) electrons. The van der Waals surface area contributed by atoms with Gasteiger partial charge in [0.2, 0.25) is 11.8 Å². The molecule has 1 unspecified atom stereocenters. The van der Waals surface area contributed by atoms with E-state index >= 15 is 0 Å². The third kappa shape index (κ3) is 1.65. The Kier molecular flexibility index (Phi) is 2.18. The lowest BCUT2D eigenvalue weighted by molar-refractivity contribution is -0.134. The molecule has 0 aliphatic carbocycles. The average Bonchev–Trinajstić information content (AvgIpc) is 2.30. The van der Waals surface area contributed by atoms with E-state index in [1.807, 2.05) is 0 Å². The number of nitrogens with one attached hydrogen (secondary N) is 2. The van der Waals surface area contributed by atoms with Crippen molar-refractivity contribution in [1.82, 2.24) is 15.5 Å². The maximum absolute atomic E-state index is 11.4. The molecule has 2 saturated heterocycles. The third-order valence-corrected chi connectivity index (χ3v) is 2.53. The van der Waals surface area contributed by atoms with Gasteiger partial charge in [0.05, 0.1) is 12.6 Å². The summed E-state index contributed by atoms with van der Waals surface area (Å²) in [5.41, 5.74) is 0. The highest BCUT2D eigenvalue weighted by Gasteiger charge is 2.30. The van der Waals surface area contributed by atoms with Gasteiger partial charge in [-0.3, -0.25) is 9.59 Å². The van der Waals surface area contributed by atoms with E-state index in [-0.39, 0.29) is 17.9 Å². The minimum absolute atomic E-state index is 0.0437. The zero-order chi connectivity index (χ0) is 9.26. The van der Waals surface area contributed by atoms with Crippen LogP contribution < -0.4 is 10.6 Å². The summed E-state index contributed by atoms with van der Waals surface area (Å²) in [7, 11) is 0. The number of carbonyl (C=O) groups excluding carboxylic acids is 2. The first-order valence-corrected chi connectivity index (χ1v) is 4.54. The van der Waals surface area contributed by atoms with E-state index in [4.69, 9.17) is 0 Å². The van der Waals surface area contributed by atoms with Crippen molar-refractivity contribution < 1.29 is 9.59 Å². The molecule has 72 valence electrons. The Hall–Kier alpha value is -1.10. The molecule has 5 heteroatoms. The van der Waals surface area contributed by atoms with Gasteiger partial charge < -0.3 is 15.5 Å². The molecule has 1 atom stereocenters. The predicted molar refractivity (Wildman–Crippen MR) is 46.0 cm³/mol. The van der Waals surface area contributed by atoms with Crippen molar-refractivity contribution in [3.8, 4) is 0 Å². The van der Waals surface area contributed by atoms with Crippen LogP contribution in [0, 0.1) is 0 Å². The van der Waals surface area contributed by atoms with Crippen LogP contribution in [0.3, 0.4) is 0 Å². The molecule has 2 aliphatic rings. The van der Waals surface area contributed by atoms with Crippen molar-refractivity contribution in [3.63, 3.8) is 0 Å². The summed E-state index contributed by atoms with van der Waals surface area (Å²) >= 11 is 0. The molecular weight excluding hydrogens is 170 g/mol. The maximum atomic E-state index is 11.4. The van der Waals surface area contributed by atoms with E-state index in [2.05, 4.69) is 10.6 Å². The number of nitrogens with zero attached hydrogens (tertiary/aromatic N) is 1. The minimum atomic E-state index is 0.0437. The monoisotopic (exact) mass is 183 g/mol. The van der Waals surface area contributed by atoms with Crippen LogP contribution in [-0.2, 0) is 9.59 Å². The summed E-state index contributed by atoms with van der Waals surface area (Å²) in [6.45, 7) is 2.34. The van der Waals surface area contributed by atoms with Gasteiger partial charge in [0, 0.05) is 26.1 Å². The van der Waals surface area contributed by atoms with Crippen LogP contribution >= 0.6 is 0 Å². The maximum Gasteiger partial charge on any atom is 0.236 e. The standard InChI is InChI=1S/C8H13N3O2/c12-7-1-2-11-6(4-10-7)3-9-5-8(11)13/h6,9H,1-5H2,(H,10,12). The van der Waals surface area contributed by atoms with E-state index in [0.717, 1.165) is 6.54 Å². The van der Waals surface area contributed by atoms with Crippen molar-refractivity contribution in [2.24, 2.45) is 0 Å². The zero-order valence-electron chi connectivity index (χ0n) is 7.38. The van der Waals surface area contributed by atoms with Crippen LogP contribution in [0.1, 0.15) is 6.42 Å².